The zero-order valence-corrected chi connectivity index (χ0v) is 11.7. The highest BCUT2D eigenvalue weighted by molar-refractivity contribution is 7.97. The van der Waals surface area contributed by atoms with Gasteiger partial charge in [0.25, 0.3) is 0 Å². The van der Waals surface area contributed by atoms with Crippen LogP contribution in [0.1, 0.15) is 5.82 Å². The number of H-pyrrole nitrogens is 1. The lowest BCUT2D eigenvalue weighted by Gasteiger charge is -1.91. The van der Waals surface area contributed by atoms with Gasteiger partial charge in [-0.2, -0.15) is 12.8 Å². The number of rotatable bonds is 3. The molecule has 7 N–H and O–H groups in total. The number of para-hydroxylation sites is 2. The maximum Gasteiger partial charge on any atom is 0.394 e. The van der Waals surface area contributed by atoms with Gasteiger partial charge in [0, 0.05) is 0 Å². The van der Waals surface area contributed by atoms with Crippen molar-refractivity contribution < 1.29 is 17.5 Å². The van der Waals surface area contributed by atoms with Gasteiger partial charge in [-0.15, -0.1) is 0 Å². The first kappa shape index (κ1) is 16.2. The number of nitrogens with one attached hydrogen (secondary N) is 1. The molecule has 0 aliphatic heterocycles. The number of fused-ring (bicyclic) bond motifs is 1. The Morgan fingerprint density at radius 2 is 1.95 bits per heavy atom. The van der Waals surface area contributed by atoms with Crippen LogP contribution in [0.2, 0.25) is 0 Å². The Hall–Kier alpha value is -1.82. The zero-order valence-electron chi connectivity index (χ0n) is 10.1. The molecule has 20 heavy (non-hydrogen) atoms. The van der Waals surface area contributed by atoms with Gasteiger partial charge in [0.1, 0.15) is 5.82 Å². The molecule has 11 heteroatoms. The number of guanidine groups is 1. The second kappa shape index (κ2) is 7.09. The molecule has 0 bridgehead atoms. The second-order valence-electron chi connectivity index (χ2n) is 3.44. The average molecular weight is 319 g/mol. The maximum absolute atomic E-state index is 8.74. The monoisotopic (exact) mass is 319 g/mol. The Kier molecular flexibility index (Phi) is 5.76. The van der Waals surface area contributed by atoms with Gasteiger partial charge >= 0.3 is 10.4 Å². The van der Waals surface area contributed by atoms with Crippen LogP contribution >= 0.6 is 11.9 Å². The first-order chi connectivity index (χ1) is 9.25. The summed E-state index contributed by atoms with van der Waals surface area (Å²) in [7, 11) is -4.67. The lowest BCUT2D eigenvalue weighted by molar-refractivity contribution is 0.381. The predicted molar refractivity (Wildman–Crippen MR) is 77.4 cm³/mol. The number of aromatic amines is 1. The number of aromatic nitrogens is 2. The van der Waals surface area contributed by atoms with E-state index in [1.165, 1.54) is 11.9 Å². The molecule has 0 saturated heterocycles. The first-order valence-electron chi connectivity index (χ1n) is 5.10. The fourth-order valence-electron chi connectivity index (χ4n) is 1.24. The van der Waals surface area contributed by atoms with Crippen LogP contribution in [-0.4, -0.2) is 33.5 Å². The summed E-state index contributed by atoms with van der Waals surface area (Å²) >= 11 is 1.27. The topological polar surface area (TPSA) is 168 Å². The molecule has 2 aromatic rings. The van der Waals surface area contributed by atoms with Crippen LogP contribution in [0, 0.1) is 0 Å². The Balaban J connectivity index is 0.000000347. The Bertz CT molecular complexity index is 652. The second-order valence-corrected chi connectivity index (χ2v) is 5.06. The molecule has 0 unspecified atom stereocenters. The molecule has 0 fully saturated rings. The third kappa shape index (κ3) is 6.94. The van der Waals surface area contributed by atoms with Gasteiger partial charge in [-0.1, -0.05) is 12.1 Å². The van der Waals surface area contributed by atoms with E-state index in [4.69, 9.17) is 29.0 Å². The molecule has 0 atom stereocenters. The molecule has 0 amide bonds. The van der Waals surface area contributed by atoms with Gasteiger partial charge in [0.05, 0.1) is 16.8 Å². The molecule has 0 spiro atoms. The highest BCUT2D eigenvalue weighted by Crippen LogP contribution is 2.15. The van der Waals surface area contributed by atoms with Crippen molar-refractivity contribution in [3.8, 4) is 0 Å². The van der Waals surface area contributed by atoms with E-state index in [9.17, 15) is 0 Å². The van der Waals surface area contributed by atoms with Gasteiger partial charge in [-0.3, -0.25) is 9.11 Å². The molecule has 1 heterocycles. The van der Waals surface area contributed by atoms with Crippen molar-refractivity contribution in [1.29, 1.82) is 0 Å². The van der Waals surface area contributed by atoms with Crippen LogP contribution in [0.3, 0.4) is 0 Å². The minimum atomic E-state index is -4.67. The van der Waals surface area contributed by atoms with Crippen LogP contribution in [0.5, 0.6) is 0 Å². The van der Waals surface area contributed by atoms with Gasteiger partial charge in [0.15, 0.2) is 5.96 Å². The maximum atomic E-state index is 8.74. The molecular weight excluding hydrogens is 306 g/mol. The Morgan fingerprint density at radius 3 is 2.50 bits per heavy atom. The molecule has 110 valence electrons. The van der Waals surface area contributed by atoms with Gasteiger partial charge < -0.3 is 16.5 Å². The molecule has 0 radical (unpaired) electrons. The van der Waals surface area contributed by atoms with E-state index in [0.29, 0.717) is 5.75 Å². The summed E-state index contributed by atoms with van der Waals surface area (Å²) in [4.78, 5) is 7.57. The summed E-state index contributed by atoms with van der Waals surface area (Å²) in [6.45, 7) is 0. The lowest BCUT2D eigenvalue weighted by Crippen LogP contribution is -2.21. The third-order valence-electron chi connectivity index (χ3n) is 1.81. The van der Waals surface area contributed by atoms with Crippen LogP contribution in [0.15, 0.2) is 28.7 Å². The van der Waals surface area contributed by atoms with E-state index < -0.39 is 10.4 Å². The van der Waals surface area contributed by atoms with Gasteiger partial charge in [-0.25, -0.2) is 4.98 Å². The summed E-state index contributed by atoms with van der Waals surface area (Å²) in [5.74, 6) is 1.58. The van der Waals surface area contributed by atoms with Crippen molar-refractivity contribution in [1.82, 2.24) is 9.97 Å². The summed E-state index contributed by atoms with van der Waals surface area (Å²) in [6, 6.07) is 7.86. The summed E-state index contributed by atoms with van der Waals surface area (Å²) in [5.41, 5.74) is 12.4. The number of nitrogens with two attached hydrogens (primary N) is 2. The van der Waals surface area contributed by atoms with Crippen LogP contribution in [-0.2, 0) is 16.2 Å². The number of nitrogens with zero attached hydrogens (tertiary/aromatic N) is 2. The van der Waals surface area contributed by atoms with Crippen molar-refractivity contribution in [3.63, 3.8) is 0 Å². The van der Waals surface area contributed by atoms with Crippen LogP contribution < -0.4 is 11.5 Å². The fourth-order valence-corrected chi connectivity index (χ4v) is 1.71. The quantitative estimate of drug-likeness (QED) is 0.233. The average Bonchev–Trinajstić information content (AvgIpc) is 2.68. The van der Waals surface area contributed by atoms with E-state index in [2.05, 4.69) is 14.4 Å². The Labute approximate surface area is 119 Å². The van der Waals surface area contributed by atoms with Crippen molar-refractivity contribution in [2.24, 2.45) is 15.9 Å². The molecular formula is C9H13N5O4S2. The van der Waals surface area contributed by atoms with E-state index in [1.54, 1.807) is 0 Å². The third-order valence-corrected chi connectivity index (χ3v) is 2.55. The SMILES string of the molecule is NC(N)=NSCc1nc2ccccc2[nH]1.O=S(=O)(O)O. The number of benzene rings is 1. The minimum Gasteiger partial charge on any atom is -0.369 e. The summed E-state index contributed by atoms with van der Waals surface area (Å²) in [5, 5.41) is 0. The number of hydrogen-bond donors (Lipinski definition) is 5. The highest BCUT2D eigenvalue weighted by Gasteiger charge is 2.01. The fraction of sp³-hybridized carbons (Fsp3) is 0.111. The van der Waals surface area contributed by atoms with Crippen LogP contribution in [0.25, 0.3) is 11.0 Å². The van der Waals surface area contributed by atoms with Gasteiger partial charge in [0.2, 0.25) is 0 Å². The smallest absolute Gasteiger partial charge is 0.369 e. The number of hydrogen-bond acceptors (Lipinski definition) is 5. The van der Waals surface area contributed by atoms with E-state index in [-0.39, 0.29) is 5.96 Å². The number of imidazole rings is 1. The standard InChI is InChI=1S/C9H11N5S.H2O4S/c10-9(11)14-15-5-8-12-6-3-1-2-4-7(6)13-8;1-5(2,3)4/h1-4H,5H2,(H,12,13)(H4,10,11,14);(H2,1,2,3,4). The molecule has 0 saturated carbocycles. The molecule has 0 aliphatic rings. The van der Waals surface area contributed by atoms with Gasteiger partial charge in [-0.05, 0) is 24.1 Å². The highest BCUT2D eigenvalue weighted by atomic mass is 32.3. The van der Waals surface area contributed by atoms with Crippen molar-refractivity contribution in [2.75, 3.05) is 0 Å². The molecule has 0 aliphatic carbocycles. The molecule has 9 nitrogen and oxygen atoms in total. The molecule has 2 rings (SSSR count). The van der Waals surface area contributed by atoms with E-state index >= 15 is 0 Å². The lowest BCUT2D eigenvalue weighted by atomic mass is 10.3. The van der Waals surface area contributed by atoms with Crippen molar-refractivity contribution in [2.45, 2.75) is 5.75 Å². The normalized spacial score (nSPS) is 10.7. The summed E-state index contributed by atoms with van der Waals surface area (Å²) < 4.78 is 35.4. The Morgan fingerprint density at radius 1 is 1.35 bits per heavy atom. The minimum absolute atomic E-state index is 0.0797. The van der Waals surface area contributed by atoms with E-state index in [1.807, 2.05) is 24.3 Å². The molecule has 1 aromatic heterocycles. The largest absolute Gasteiger partial charge is 0.394 e. The molecule has 1 aromatic carbocycles. The van der Waals surface area contributed by atoms with Crippen molar-refractivity contribution >= 4 is 39.3 Å². The predicted octanol–water partition coefficient (Wildman–Crippen LogP) is 0.332. The zero-order chi connectivity index (χ0) is 15.2. The van der Waals surface area contributed by atoms with Crippen LogP contribution in [0.4, 0.5) is 0 Å². The summed E-state index contributed by atoms with van der Waals surface area (Å²) in [6.07, 6.45) is 0. The van der Waals surface area contributed by atoms with Crippen molar-refractivity contribution in [3.05, 3.63) is 30.1 Å². The first-order valence-corrected chi connectivity index (χ1v) is 7.44. The van der Waals surface area contributed by atoms with E-state index in [0.717, 1.165) is 16.9 Å².